The zero-order chi connectivity index (χ0) is 14.4. The first-order valence-electron chi connectivity index (χ1n) is 7.54. The maximum absolute atomic E-state index is 13.6. The molecule has 128 valence electrons. The predicted molar refractivity (Wildman–Crippen MR) is 94.2 cm³/mol. The zero-order valence-electron chi connectivity index (χ0n) is 13.3. The summed E-state index contributed by atoms with van der Waals surface area (Å²) in [6.07, 6.45) is 3.35. The van der Waals surface area contributed by atoms with Crippen molar-refractivity contribution < 1.29 is 9.13 Å². The molecule has 6 heteroatoms. The Balaban J connectivity index is 0.00000220. The van der Waals surface area contributed by atoms with Gasteiger partial charge in [0.25, 0.3) is 0 Å². The molecule has 0 amide bonds. The number of hydrogen-bond donors (Lipinski definition) is 1. The number of unbranched alkanes of at least 4 members (excludes halogenated alkanes) is 1. The van der Waals surface area contributed by atoms with Gasteiger partial charge in [-0.2, -0.15) is 0 Å². The predicted octanol–water partition coefficient (Wildman–Crippen LogP) is 3.81. The minimum Gasteiger partial charge on any atom is -0.496 e. The second kappa shape index (κ2) is 11.1. The Bertz CT molecular complexity index is 429. The lowest BCUT2D eigenvalue weighted by atomic mass is 9.97. The molecule has 1 aromatic rings. The van der Waals surface area contributed by atoms with Gasteiger partial charge >= 0.3 is 0 Å². The summed E-state index contributed by atoms with van der Waals surface area (Å²) >= 11 is 0. The standard InChI is InChI=1S/C16H25FN2O.2ClH/c1-3-4-5-15(19-10-8-18-9-11-19)14-12-13(17)6-7-16(14)20-2;;/h6-7,12,15,18H,3-5,8-11H2,1-2H3;2*1H/t15-;;/m1../s1. The van der Waals surface area contributed by atoms with Crippen molar-refractivity contribution >= 4 is 24.8 Å². The first-order chi connectivity index (χ1) is 9.76. The van der Waals surface area contributed by atoms with Crippen LogP contribution in [0.5, 0.6) is 5.75 Å². The summed E-state index contributed by atoms with van der Waals surface area (Å²) in [6.45, 7) is 6.21. The fourth-order valence-electron chi connectivity index (χ4n) is 2.89. The van der Waals surface area contributed by atoms with Gasteiger partial charge < -0.3 is 10.1 Å². The van der Waals surface area contributed by atoms with Crippen LogP contribution in [0.2, 0.25) is 0 Å². The molecule has 1 aliphatic rings. The van der Waals surface area contributed by atoms with Crippen LogP contribution in [-0.4, -0.2) is 38.2 Å². The summed E-state index contributed by atoms with van der Waals surface area (Å²) in [7, 11) is 1.66. The first-order valence-corrected chi connectivity index (χ1v) is 7.54. The Kier molecular flexibility index (Phi) is 10.8. The molecule has 0 saturated carbocycles. The molecule has 1 fully saturated rings. The van der Waals surface area contributed by atoms with E-state index < -0.39 is 0 Å². The van der Waals surface area contributed by atoms with E-state index in [1.54, 1.807) is 19.2 Å². The molecule has 0 bridgehead atoms. The average Bonchev–Trinajstić information content (AvgIpc) is 2.49. The third kappa shape index (κ3) is 5.58. The SMILES string of the molecule is CCCC[C@H](c1cc(F)ccc1OC)N1CCNCC1.Cl.Cl. The molecule has 22 heavy (non-hydrogen) atoms. The summed E-state index contributed by atoms with van der Waals surface area (Å²) in [4.78, 5) is 2.45. The van der Waals surface area contributed by atoms with Gasteiger partial charge in [-0.25, -0.2) is 4.39 Å². The molecule has 1 heterocycles. The Morgan fingerprint density at radius 3 is 2.55 bits per heavy atom. The molecule has 0 radical (unpaired) electrons. The molecule has 1 saturated heterocycles. The molecule has 0 aromatic heterocycles. The first kappa shape index (κ1) is 21.4. The molecule has 0 unspecified atom stereocenters. The molecular formula is C16H27Cl2FN2O. The largest absolute Gasteiger partial charge is 0.496 e. The molecular weight excluding hydrogens is 326 g/mol. The Labute approximate surface area is 145 Å². The van der Waals surface area contributed by atoms with Crippen LogP contribution in [-0.2, 0) is 0 Å². The third-order valence-electron chi connectivity index (χ3n) is 3.97. The minimum absolute atomic E-state index is 0. The highest BCUT2D eigenvalue weighted by Crippen LogP contribution is 2.33. The van der Waals surface area contributed by atoms with Gasteiger partial charge in [0.05, 0.1) is 7.11 Å². The van der Waals surface area contributed by atoms with Crippen LogP contribution >= 0.6 is 24.8 Å². The number of nitrogens with one attached hydrogen (secondary N) is 1. The van der Waals surface area contributed by atoms with Crippen molar-refractivity contribution in [3.63, 3.8) is 0 Å². The quantitative estimate of drug-likeness (QED) is 0.842. The van der Waals surface area contributed by atoms with Crippen molar-refractivity contribution in [2.75, 3.05) is 33.3 Å². The smallest absolute Gasteiger partial charge is 0.123 e. The molecule has 1 N–H and O–H groups in total. The van der Waals surface area contributed by atoms with Crippen molar-refractivity contribution in [1.29, 1.82) is 0 Å². The minimum atomic E-state index is -0.183. The van der Waals surface area contributed by atoms with Gasteiger partial charge in [-0.05, 0) is 24.6 Å². The van der Waals surface area contributed by atoms with Crippen LogP contribution in [0, 0.1) is 5.82 Å². The summed E-state index contributed by atoms with van der Waals surface area (Å²) in [5.74, 6) is 0.614. The van der Waals surface area contributed by atoms with Crippen LogP contribution in [0.25, 0.3) is 0 Å². The number of methoxy groups -OCH3 is 1. The molecule has 1 aromatic carbocycles. The topological polar surface area (TPSA) is 24.5 Å². The normalized spacial score (nSPS) is 16.3. The van der Waals surface area contributed by atoms with Crippen LogP contribution < -0.4 is 10.1 Å². The highest BCUT2D eigenvalue weighted by atomic mass is 35.5. The Morgan fingerprint density at radius 1 is 1.27 bits per heavy atom. The van der Waals surface area contributed by atoms with Crippen LogP contribution in [0.3, 0.4) is 0 Å². The van der Waals surface area contributed by atoms with Crippen molar-refractivity contribution in [2.24, 2.45) is 0 Å². The van der Waals surface area contributed by atoms with Gasteiger partial charge in [-0.15, -0.1) is 24.8 Å². The number of halogens is 3. The number of piperazine rings is 1. The zero-order valence-corrected chi connectivity index (χ0v) is 14.9. The Morgan fingerprint density at radius 2 is 1.95 bits per heavy atom. The van der Waals surface area contributed by atoms with E-state index in [-0.39, 0.29) is 36.7 Å². The van der Waals surface area contributed by atoms with Crippen molar-refractivity contribution in [1.82, 2.24) is 10.2 Å². The molecule has 1 aliphatic heterocycles. The summed E-state index contributed by atoms with van der Waals surface area (Å²) in [5, 5.41) is 3.37. The van der Waals surface area contributed by atoms with Crippen LogP contribution in [0.4, 0.5) is 4.39 Å². The summed E-state index contributed by atoms with van der Waals surface area (Å²) in [6, 6.07) is 5.10. The number of ether oxygens (including phenoxy) is 1. The number of rotatable bonds is 6. The van der Waals surface area contributed by atoms with Gasteiger partial charge in [0.15, 0.2) is 0 Å². The maximum Gasteiger partial charge on any atom is 0.123 e. The van der Waals surface area contributed by atoms with Crippen molar-refractivity contribution in [3.05, 3.63) is 29.6 Å². The monoisotopic (exact) mass is 352 g/mol. The third-order valence-corrected chi connectivity index (χ3v) is 3.97. The molecule has 1 atom stereocenters. The van der Waals surface area contributed by atoms with Gasteiger partial charge in [-0.1, -0.05) is 19.8 Å². The van der Waals surface area contributed by atoms with Gasteiger partial charge in [0.2, 0.25) is 0 Å². The second-order valence-electron chi connectivity index (χ2n) is 5.33. The van der Waals surface area contributed by atoms with E-state index in [1.807, 2.05) is 0 Å². The average molecular weight is 353 g/mol. The number of benzene rings is 1. The van der Waals surface area contributed by atoms with E-state index in [4.69, 9.17) is 4.74 Å². The molecule has 0 spiro atoms. The van der Waals surface area contributed by atoms with E-state index in [2.05, 4.69) is 17.1 Å². The summed E-state index contributed by atoms with van der Waals surface area (Å²) < 4.78 is 19.1. The number of hydrogen-bond acceptors (Lipinski definition) is 3. The molecule has 2 rings (SSSR count). The van der Waals surface area contributed by atoms with E-state index in [1.165, 1.54) is 6.07 Å². The van der Waals surface area contributed by atoms with Crippen molar-refractivity contribution in [2.45, 2.75) is 32.2 Å². The van der Waals surface area contributed by atoms with Gasteiger partial charge in [0, 0.05) is 37.8 Å². The summed E-state index contributed by atoms with van der Waals surface area (Å²) in [5.41, 5.74) is 0.989. The van der Waals surface area contributed by atoms with E-state index in [0.29, 0.717) is 0 Å². The van der Waals surface area contributed by atoms with Crippen LogP contribution in [0.1, 0.15) is 37.8 Å². The van der Waals surface area contributed by atoms with Crippen molar-refractivity contribution in [3.8, 4) is 5.75 Å². The lowest BCUT2D eigenvalue weighted by Crippen LogP contribution is -2.45. The van der Waals surface area contributed by atoms with E-state index in [0.717, 1.165) is 56.8 Å². The maximum atomic E-state index is 13.6. The molecule has 0 aliphatic carbocycles. The Hall–Kier alpha value is -0.550. The number of nitrogens with zero attached hydrogens (tertiary/aromatic N) is 1. The highest BCUT2D eigenvalue weighted by Gasteiger charge is 2.24. The fourth-order valence-corrected chi connectivity index (χ4v) is 2.89. The van der Waals surface area contributed by atoms with E-state index >= 15 is 0 Å². The van der Waals surface area contributed by atoms with E-state index in [9.17, 15) is 4.39 Å². The van der Waals surface area contributed by atoms with Gasteiger partial charge in [0.1, 0.15) is 11.6 Å². The molecule has 3 nitrogen and oxygen atoms in total. The lowest BCUT2D eigenvalue weighted by molar-refractivity contribution is 0.160. The van der Waals surface area contributed by atoms with Crippen LogP contribution in [0.15, 0.2) is 18.2 Å². The lowest BCUT2D eigenvalue weighted by Gasteiger charge is -2.36. The van der Waals surface area contributed by atoms with Gasteiger partial charge in [-0.3, -0.25) is 4.90 Å². The highest BCUT2D eigenvalue weighted by molar-refractivity contribution is 5.85. The fraction of sp³-hybridized carbons (Fsp3) is 0.625. The second-order valence-corrected chi connectivity index (χ2v) is 5.33.